The molecule has 1 fully saturated rings. The van der Waals surface area contributed by atoms with Gasteiger partial charge in [-0.2, -0.15) is 5.10 Å². The van der Waals surface area contributed by atoms with E-state index in [1.54, 1.807) is 16.0 Å². The Kier molecular flexibility index (Phi) is 3.37. The second-order valence-corrected chi connectivity index (χ2v) is 9.20. The molecule has 0 aromatic carbocycles. The predicted molar refractivity (Wildman–Crippen MR) is 86.5 cm³/mol. The van der Waals surface area contributed by atoms with Crippen LogP contribution in [0.3, 0.4) is 0 Å². The molecule has 1 aliphatic heterocycles. The Labute approximate surface area is 128 Å². The molecule has 5 nitrogen and oxygen atoms in total. The highest BCUT2D eigenvalue weighted by molar-refractivity contribution is 7.91. The number of nitrogens with zero attached hydrogens (tertiary/aromatic N) is 2. The number of hydrogen-bond donors (Lipinski definition) is 1. The summed E-state index contributed by atoms with van der Waals surface area (Å²) in [5, 5.41) is 4.62. The van der Waals surface area contributed by atoms with Crippen LogP contribution in [0.1, 0.15) is 28.5 Å². The van der Waals surface area contributed by atoms with Gasteiger partial charge in [-0.25, -0.2) is 13.1 Å². The molecule has 1 saturated heterocycles. The van der Waals surface area contributed by atoms with Crippen molar-refractivity contribution >= 4 is 27.0 Å². The Bertz CT molecular complexity index is 783. The van der Waals surface area contributed by atoms with Gasteiger partial charge >= 0.3 is 0 Å². The minimum absolute atomic E-state index is 0.135. The number of nitrogens with two attached hydrogens (primary N) is 1. The Hall–Kier alpha value is -1.34. The molecule has 0 spiro atoms. The van der Waals surface area contributed by atoms with Crippen molar-refractivity contribution in [1.82, 2.24) is 9.78 Å². The number of aryl methyl sites for hydroxylation is 2. The molecule has 3 rings (SSSR count). The van der Waals surface area contributed by atoms with Crippen molar-refractivity contribution in [3.05, 3.63) is 22.1 Å². The van der Waals surface area contributed by atoms with Gasteiger partial charge in [0.25, 0.3) is 0 Å². The van der Waals surface area contributed by atoms with Crippen LogP contribution in [0.5, 0.6) is 0 Å². The van der Waals surface area contributed by atoms with E-state index in [2.05, 4.69) is 25.0 Å². The average molecular weight is 325 g/mol. The standard InChI is InChI=1S/C14H19N3O2S2/c1-8-6-12(20-10(8)3)13-9(2)14(15)17(16-13)11-4-5-21(18,19)7-11/h6,11H,4-5,7,15H2,1-3H3. The highest BCUT2D eigenvalue weighted by Crippen LogP contribution is 2.36. The van der Waals surface area contributed by atoms with E-state index in [0.29, 0.717) is 12.2 Å². The fraction of sp³-hybridized carbons (Fsp3) is 0.500. The third-order valence-electron chi connectivity index (χ3n) is 4.15. The second kappa shape index (κ2) is 4.84. The molecule has 0 radical (unpaired) electrons. The van der Waals surface area contributed by atoms with Gasteiger partial charge in [0.05, 0.1) is 22.4 Å². The van der Waals surface area contributed by atoms with Gasteiger partial charge in [0.2, 0.25) is 0 Å². The molecule has 1 atom stereocenters. The first-order chi connectivity index (χ1) is 9.78. The molecule has 0 amide bonds. The first-order valence-corrected chi connectivity index (χ1v) is 9.54. The fourth-order valence-electron chi connectivity index (χ4n) is 2.70. The predicted octanol–water partition coefficient (Wildman–Crippen LogP) is 2.48. The number of sulfone groups is 1. The third-order valence-corrected chi connectivity index (χ3v) is 7.06. The Morgan fingerprint density at radius 3 is 2.62 bits per heavy atom. The molecule has 1 aliphatic rings. The normalized spacial score (nSPS) is 21.0. The molecule has 0 bridgehead atoms. The maximum atomic E-state index is 11.7. The van der Waals surface area contributed by atoms with Crippen molar-refractivity contribution in [3.8, 4) is 10.6 Å². The van der Waals surface area contributed by atoms with Crippen LogP contribution < -0.4 is 5.73 Å². The minimum atomic E-state index is -2.94. The van der Waals surface area contributed by atoms with Crippen LogP contribution in [0.15, 0.2) is 6.07 Å². The first kappa shape index (κ1) is 14.6. The monoisotopic (exact) mass is 325 g/mol. The molecular formula is C14H19N3O2S2. The van der Waals surface area contributed by atoms with Gasteiger partial charge in [0, 0.05) is 10.4 Å². The van der Waals surface area contributed by atoms with Crippen LogP contribution in [0.4, 0.5) is 5.82 Å². The van der Waals surface area contributed by atoms with E-state index in [0.717, 1.165) is 16.1 Å². The maximum absolute atomic E-state index is 11.7. The molecule has 2 N–H and O–H groups in total. The van der Waals surface area contributed by atoms with Gasteiger partial charge < -0.3 is 5.73 Å². The number of hydrogen-bond acceptors (Lipinski definition) is 5. The average Bonchev–Trinajstić information content (AvgIpc) is 3.01. The van der Waals surface area contributed by atoms with Crippen LogP contribution in [-0.2, 0) is 9.84 Å². The summed E-state index contributed by atoms with van der Waals surface area (Å²) in [6, 6.07) is 1.98. The fourth-order valence-corrected chi connectivity index (χ4v) is 5.47. The largest absolute Gasteiger partial charge is 0.384 e. The summed E-state index contributed by atoms with van der Waals surface area (Å²) < 4.78 is 25.0. The summed E-state index contributed by atoms with van der Waals surface area (Å²) in [7, 11) is -2.94. The lowest BCUT2D eigenvalue weighted by atomic mass is 10.2. The summed E-state index contributed by atoms with van der Waals surface area (Å²) in [6.45, 7) is 6.11. The van der Waals surface area contributed by atoms with E-state index in [4.69, 9.17) is 5.73 Å². The van der Waals surface area contributed by atoms with Gasteiger partial charge in [-0.1, -0.05) is 0 Å². The summed E-state index contributed by atoms with van der Waals surface area (Å²) in [4.78, 5) is 2.36. The summed E-state index contributed by atoms with van der Waals surface area (Å²) in [5.74, 6) is 0.943. The molecule has 0 aliphatic carbocycles. The van der Waals surface area contributed by atoms with Crippen molar-refractivity contribution in [1.29, 1.82) is 0 Å². The molecule has 2 aromatic heterocycles. The summed E-state index contributed by atoms with van der Waals surface area (Å²) in [6.07, 6.45) is 0.593. The molecule has 7 heteroatoms. The number of nitrogen functional groups attached to an aromatic ring is 1. The van der Waals surface area contributed by atoms with E-state index < -0.39 is 9.84 Å². The molecule has 0 saturated carbocycles. The molecule has 3 heterocycles. The molecule has 114 valence electrons. The molecule has 2 aromatic rings. The lowest BCUT2D eigenvalue weighted by Crippen LogP contribution is -2.14. The summed E-state index contributed by atoms with van der Waals surface area (Å²) in [5.41, 5.74) is 9.21. The number of aromatic nitrogens is 2. The Balaban J connectivity index is 2.04. The zero-order valence-corrected chi connectivity index (χ0v) is 14.0. The Morgan fingerprint density at radius 2 is 2.10 bits per heavy atom. The van der Waals surface area contributed by atoms with Gasteiger partial charge in [0.1, 0.15) is 11.5 Å². The van der Waals surface area contributed by atoms with E-state index in [9.17, 15) is 8.42 Å². The highest BCUT2D eigenvalue weighted by Gasteiger charge is 2.32. The van der Waals surface area contributed by atoms with Crippen molar-refractivity contribution in [2.45, 2.75) is 33.2 Å². The van der Waals surface area contributed by atoms with E-state index >= 15 is 0 Å². The van der Waals surface area contributed by atoms with Crippen LogP contribution in [-0.4, -0.2) is 29.7 Å². The quantitative estimate of drug-likeness (QED) is 0.920. The van der Waals surface area contributed by atoms with Crippen LogP contribution in [0.25, 0.3) is 10.6 Å². The minimum Gasteiger partial charge on any atom is -0.384 e. The van der Waals surface area contributed by atoms with Crippen LogP contribution in [0.2, 0.25) is 0 Å². The van der Waals surface area contributed by atoms with E-state index in [1.807, 2.05) is 6.92 Å². The van der Waals surface area contributed by atoms with Gasteiger partial charge in [-0.3, -0.25) is 0 Å². The first-order valence-electron chi connectivity index (χ1n) is 6.91. The van der Waals surface area contributed by atoms with Gasteiger partial charge in [0.15, 0.2) is 9.84 Å². The zero-order chi connectivity index (χ0) is 15.4. The number of anilines is 1. The molecular weight excluding hydrogens is 306 g/mol. The van der Waals surface area contributed by atoms with E-state index in [1.165, 1.54) is 10.4 Å². The van der Waals surface area contributed by atoms with Crippen molar-refractivity contribution in [2.24, 2.45) is 0 Å². The third kappa shape index (κ3) is 2.48. The zero-order valence-electron chi connectivity index (χ0n) is 12.4. The van der Waals surface area contributed by atoms with Crippen LogP contribution >= 0.6 is 11.3 Å². The highest BCUT2D eigenvalue weighted by atomic mass is 32.2. The maximum Gasteiger partial charge on any atom is 0.152 e. The lowest BCUT2D eigenvalue weighted by Gasteiger charge is -2.10. The number of thiophene rings is 1. The molecule has 1 unspecified atom stereocenters. The number of rotatable bonds is 2. The summed E-state index contributed by atoms with van der Waals surface area (Å²) >= 11 is 1.70. The van der Waals surface area contributed by atoms with E-state index in [-0.39, 0.29) is 17.5 Å². The Morgan fingerprint density at radius 1 is 1.38 bits per heavy atom. The lowest BCUT2D eigenvalue weighted by molar-refractivity contribution is 0.508. The topological polar surface area (TPSA) is 78.0 Å². The van der Waals surface area contributed by atoms with Crippen molar-refractivity contribution in [2.75, 3.05) is 17.2 Å². The van der Waals surface area contributed by atoms with Gasteiger partial charge in [-0.05, 0) is 38.8 Å². The second-order valence-electron chi connectivity index (χ2n) is 5.71. The van der Waals surface area contributed by atoms with Crippen molar-refractivity contribution in [3.63, 3.8) is 0 Å². The van der Waals surface area contributed by atoms with Gasteiger partial charge in [-0.15, -0.1) is 11.3 Å². The smallest absolute Gasteiger partial charge is 0.152 e. The SMILES string of the molecule is Cc1cc(-c2nn(C3CCS(=O)(=O)C3)c(N)c2C)sc1C. The van der Waals surface area contributed by atoms with Crippen molar-refractivity contribution < 1.29 is 8.42 Å². The molecule has 21 heavy (non-hydrogen) atoms. The van der Waals surface area contributed by atoms with Crippen LogP contribution in [0, 0.1) is 20.8 Å².